The third kappa shape index (κ3) is 5.76. The number of thiophene rings is 1. The van der Waals surface area contributed by atoms with E-state index in [4.69, 9.17) is 19.9 Å². The van der Waals surface area contributed by atoms with Crippen LogP contribution in [0.3, 0.4) is 0 Å². The summed E-state index contributed by atoms with van der Waals surface area (Å²) in [5.41, 5.74) is 11.1. The normalized spacial score (nSPS) is 11.8. The number of rotatable bonds is 6. The molecule has 6 heterocycles. The fourth-order valence-electron chi connectivity index (χ4n) is 9.20. The predicted molar refractivity (Wildman–Crippen MR) is 259 cm³/mol. The lowest BCUT2D eigenvalue weighted by Gasteiger charge is -2.12. The molecule has 0 amide bonds. The lowest BCUT2D eigenvalue weighted by atomic mass is 10.1. The van der Waals surface area contributed by atoms with Gasteiger partial charge in [0.25, 0.3) is 0 Å². The van der Waals surface area contributed by atoms with E-state index in [1.807, 2.05) is 61.1 Å². The summed E-state index contributed by atoms with van der Waals surface area (Å²) in [6.45, 7) is 0. The molecule has 0 saturated carbocycles. The van der Waals surface area contributed by atoms with Gasteiger partial charge in [0.15, 0.2) is 11.6 Å². The molecule has 0 saturated heterocycles. The number of pyridine rings is 1. The van der Waals surface area contributed by atoms with Gasteiger partial charge in [0, 0.05) is 94.3 Å². The summed E-state index contributed by atoms with van der Waals surface area (Å²) < 4.78 is 7.12. The van der Waals surface area contributed by atoms with E-state index in [0.717, 1.165) is 83.4 Å². The second kappa shape index (κ2) is 14.1. The minimum Gasteiger partial charge on any atom is -0.309 e. The zero-order valence-corrected chi connectivity index (χ0v) is 34.4. The van der Waals surface area contributed by atoms with Crippen LogP contribution in [0.4, 0.5) is 0 Å². The highest BCUT2D eigenvalue weighted by Crippen LogP contribution is 2.40. The molecule has 13 aromatic rings. The highest BCUT2D eigenvalue weighted by molar-refractivity contribution is 7.25. The molecule has 13 rings (SSSR count). The molecular formula is C55H33N7S. The van der Waals surface area contributed by atoms with Crippen LogP contribution < -0.4 is 0 Å². The molecule has 0 unspecified atom stereocenters. The van der Waals surface area contributed by atoms with Crippen molar-refractivity contribution in [2.24, 2.45) is 0 Å². The molecule has 0 spiro atoms. The van der Waals surface area contributed by atoms with E-state index in [1.165, 1.54) is 25.6 Å². The van der Waals surface area contributed by atoms with Gasteiger partial charge in [-0.1, -0.05) is 109 Å². The van der Waals surface area contributed by atoms with E-state index in [2.05, 4.69) is 154 Å². The molecule has 7 nitrogen and oxygen atoms in total. The Balaban J connectivity index is 0.942. The number of para-hydroxylation sites is 2. The van der Waals surface area contributed by atoms with Gasteiger partial charge in [-0.05, 0) is 66.7 Å². The molecule has 0 atom stereocenters. The summed E-state index contributed by atoms with van der Waals surface area (Å²) >= 11 is 1.80. The van der Waals surface area contributed by atoms with Gasteiger partial charge in [-0.15, -0.1) is 11.3 Å². The van der Waals surface area contributed by atoms with Crippen LogP contribution in [0.15, 0.2) is 201 Å². The van der Waals surface area contributed by atoms with Gasteiger partial charge in [-0.3, -0.25) is 9.55 Å². The van der Waals surface area contributed by atoms with E-state index in [1.54, 1.807) is 11.3 Å². The Bertz CT molecular complexity index is 3870. The third-order valence-corrected chi connectivity index (χ3v) is 13.3. The van der Waals surface area contributed by atoms with Crippen molar-refractivity contribution in [1.29, 1.82) is 0 Å². The number of benzene rings is 7. The Morgan fingerprint density at radius 3 is 1.89 bits per heavy atom. The van der Waals surface area contributed by atoms with Crippen molar-refractivity contribution in [2.75, 3.05) is 0 Å². The number of hydrogen-bond donors (Lipinski definition) is 0. The van der Waals surface area contributed by atoms with Gasteiger partial charge >= 0.3 is 0 Å². The van der Waals surface area contributed by atoms with Gasteiger partial charge in [-0.2, -0.15) is 0 Å². The fraction of sp³-hybridized carbons (Fsp3) is 0. The lowest BCUT2D eigenvalue weighted by Crippen LogP contribution is -2.02. The average molecular weight is 824 g/mol. The van der Waals surface area contributed by atoms with Gasteiger partial charge in [0.2, 0.25) is 0 Å². The zero-order valence-electron chi connectivity index (χ0n) is 33.6. The third-order valence-electron chi connectivity index (χ3n) is 12.1. The summed E-state index contributed by atoms with van der Waals surface area (Å²) in [5, 5.41) is 7.01. The maximum absolute atomic E-state index is 5.24. The molecule has 6 aromatic heterocycles. The highest BCUT2D eigenvalue weighted by atomic mass is 32.1. The molecule has 0 radical (unpaired) electrons. The molecule has 0 fully saturated rings. The maximum atomic E-state index is 5.24. The van der Waals surface area contributed by atoms with E-state index in [-0.39, 0.29) is 0 Å². The minimum absolute atomic E-state index is 0.668. The second-order valence-corrected chi connectivity index (χ2v) is 16.8. The van der Waals surface area contributed by atoms with Gasteiger partial charge < -0.3 is 4.57 Å². The van der Waals surface area contributed by atoms with Crippen LogP contribution in [-0.4, -0.2) is 34.1 Å². The molecule has 7 aromatic carbocycles. The van der Waals surface area contributed by atoms with E-state index in [0.29, 0.717) is 11.6 Å². The molecular weight excluding hydrogens is 791 g/mol. The average Bonchev–Trinajstić information content (AvgIpc) is 4.01. The monoisotopic (exact) mass is 823 g/mol. The van der Waals surface area contributed by atoms with Crippen molar-refractivity contribution in [2.45, 2.75) is 0 Å². The van der Waals surface area contributed by atoms with Crippen LogP contribution in [0.2, 0.25) is 0 Å². The molecule has 63 heavy (non-hydrogen) atoms. The van der Waals surface area contributed by atoms with E-state index in [9.17, 15) is 0 Å². The first-order valence-electron chi connectivity index (χ1n) is 20.9. The Kier molecular flexibility index (Phi) is 7.94. The van der Waals surface area contributed by atoms with Crippen LogP contribution in [0, 0.1) is 0 Å². The zero-order chi connectivity index (χ0) is 41.4. The smallest absolute Gasteiger partial charge is 0.162 e. The SMILES string of the molecule is c1ccc(-c2cc(-n3c4ccccc4c4ccc(-c5ccnc(-c6ccc7c(c6)c6ccccc6n7-c6ccc7sc8ccncc8c7c6)n5)cc43)nc(-c3ccccc3)n2)cc1. The molecule has 0 aliphatic rings. The topological polar surface area (TPSA) is 74.3 Å². The van der Waals surface area contributed by atoms with Crippen LogP contribution in [0.1, 0.15) is 0 Å². The number of nitrogens with zero attached hydrogens (tertiary/aromatic N) is 7. The maximum Gasteiger partial charge on any atom is 0.162 e. The molecule has 0 aliphatic carbocycles. The standard InChI is InChI=1S/C55H33N7S/c1-3-11-34(12-4-1)46-32-53(60-55(59-46)35-13-5-2-6-14-35)62-48-18-10-7-15-39(48)41-22-19-36(30-50(41)62)45-25-28-57-54(58-45)37-20-23-49-42(29-37)40-16-8-9-17-47(40)61(49)38-21-24-51-43(31-38)44-33-56-27-26-52(44)63-51/h1-33H. The van der Waals surface area contributed by atoms with Crippen LogP contribution >= 0.6 is 11.3 Å². The number of aromatic nitrogens is 7. The largest absolute Gasteiger partial charge is 0.309 e. The Morgan fingerprint density at radius 1 is 0.365 bits per heavy atom. The lowest BCUT2D eigenvalue weighted by molar-refractivity contribution is 1.05. The number of fused-ring (bicyclic) bond motifs is 9. The van der Waals surface area contributed by atoms with E-state index < -0.39 is 0 Å². The Labute approximate surface area is 364 Å². The van der Waals surface area contributed by atoms with Gasteiger partial charge in [0.05, 0.1) is 33.5 Å². The fourth-order valence-corrected chi connectivity index (χ4v) is 10.2. The summed E-state index contributed by atoms with van der Waals surface area (Å²) in [6.07, 6.45) is 5.71. The summed E-state index contributed by atoms with van der Waals surface area (Å²) in [5.74, 6) is 2.13. The predicted octanol–water partition coefficient (Wildman–Crippen LogP) is 13.9. The number of hydrogen-bond acceptors (Lipinski definition) is 6. The van der Waals surface area contributed by atoms with Gasteiger partial charge in [0.1, 0.15) is 5.82 Å². The first-order chi connectivity index (χ1) is 31.2. The Morgan fingerprint density at radius 2 is 1.05 bits per heavy atom. The van der Waals surface area contributed by atoms with Crippen LogP contribution in [0.25, 0.3) is 121 Å². The van der Waals surface area contributed by atoms with Crippen LogP contribution in [0.5, 0.6) is 0 Å². The van der Waals surface area contributed by atoms with Crippen molar-refractivity contribution in [3.63, 3.8) is 0 Å². The van der Waals surface area contributed by atoms with Crippen molar-refractivity contribution >= 4 is 75.1 Å². The molecule has 294 valence electrons. The first-order valence-corrected chi connectivity index (χ1v) is 21.7. The first kappa shape index (κ1) is 35.4. The molecule has 0 bridgehead atoms. The van der Waals surface area contributed by atoms with Crippen molar-refractivity contribution in [1.82, 2.24) is 34.1 Å². The van der Waals surface area contributed by atoms with Gasteiger partial charge in [-0.25, -0.2) is 19.9 Å². The second-order valence-electron chi connectivity index (χ2n) is 15.8. The van der Waals surface area contributed by atoms with Crippen molar-refractivity contribution < 1.29 is 0 Å². The quantitative estimate of drug-likeness (QED) is 0.167. The molecule has 8 heteroatoms. The van der Waals surface area contributed by atoms with Crippen LogP contribution in [-0.2, 0) is 0 Å². The molecule has 0 N–H and O–H groups in total. The van der Waals surface area contributed by atoms with Crippen molar-refractivity contribution in [3.05, 3.63) is 201 Å². The van der Waals surface area contributed by atoms with E-state index >= 15 is 0 Å². The minimum atomic E-state index is 0.668. The summed E-state index contributed by atoms with van der Waals surface area (Å²) in [7, 11) is 0. The van der Waals surface area contributed by atoms with Crippen molar-refractivity contribution in [3.8, 4) is 56.8 Å². The summed E-state index contributed by atoms with van der Waals surface area (Å²) in [6, 6.07) is 63.8. The Hall–Kier alpha value is -8.33. The highest BCUT2D eigenvalue weighted by Gasteiger charge is 2.19. The molecule has 0 aliphatic heterocycles. The summed E-state index contributed by atoms with van der Waals surface area (Å²) in [4.78, 5) is 24.8.